The van der Waals surface area contributed by atoms with E-state index in [1.54, 1.807) is 26.2 Å². The van der Waals surface area contributed by atoms with Crippen molar-refractivity contribution in [2.24, 2.45) is 13.0 Å². The first-order valence-electron chi connectivity index (χ1n) is 8.30. The van der Waals surface area contributed by atoms with Gasteiger partial charge in [0.2, 0.25) is 11.8 Å². The molecule has 1 aliphatic rings. The van der Waals surface area contributed by atoms with E-state index in [0.29, 0.717) is 18.5 Å². The molecule has 0 saturated carbocycles. The number of carbonyl (C=O) groups is 2. The van der Waals surface area contributed by atoms with Crippen molar-refractivity contribution in [1.29, 1.82) is 0 Å². The lowest BCUT2D eigenvalue weighted by Gasteiger charge is -2.24. The van der Waals surface area contributed by atoms with Gasteiger partial charge in [-0.1, -0.05) is 18.2 Å². The predicted molar refractivity (Wildman–Crippen MR) is 96.5 cm³/mol. The third-order valence-corrected chi connectivity index (χ3v) is 4.57. The summed E-state index contributed by atoms with van der Waals surface area (Å²) >= 11 is 0. The maximum absolute atomic E-state index is 12.2. The molecule has 2 N–H and O–H groups in total. The van der Waals surface area contributed by atoms with E-state index >= 15 is 0 Å². The summed E-state index contributed by atoms with van der Waals surface area (Å²) in [6.45, 7) is 1.78. The highest BCUT2D eigenvalue weighted by Crippen LogP contribution is 2.27. The van der Waals surface area contributed by atoms with Gasteiger partial charge >= 0.3 is 0 Å². The third-order valence-electron chi connectivity index (χ3n) is 4.57. The van der Waals surface area contributed by atoms with Crippen LogP contribution in [-0.4, -0.2) is 16.4 Å². The number of pyridine rings is 1. The van der Waals surface area contributed by atoms with Gasteiger partial charge in [-0.25, -0.2) is 0 Å². The SMILES string of the molecule is Cc1ccn(C)c(=O)c1NC(=O)CC[C@H]1Cc2ccccc2NC1=O. The molecule has 6 heteroatoms. The van der Waals surface area contributed by atoms with Gasteiger partial charge < -0.3 is 15.2 Å². The number of benzene rings is 1. The van der Waals surface area contributed by atoms with E-state index in [2.05, 4.69) is 10.6 Å². The molecule has 0 unspecified atom stereocenters. The molecule has 3 rings (SSSR count). The number of anilines is 2. The second kappa shape index (κ2) is 6.93. The normalized spacial score (nSPS) is 16.1. The van der Waals surface area contributed by atoms with Gasteiger partial charge in [0.15, 0.2) is 0 Å². The molecule has 2 aromatic rings. The number of nitrogens with zero attached hydrogens (tertiary/aromatic N) is 1. The molecule has 2 heterocycles. The van der Waals surface area contributed by atoms with Crippen molar-refractivity contribution in [3.63, 3.8) is 0 Å². The van der Waals surface area contributed by atoms with Crippen molar-refractivity contribution >= 4 is 23.2 Å². The average molecular weight is 339 g/mol. The number of aryl methyl sites for hydroxylation is 2. The van der Waals surface area contributed by atoms with Crippen LogP contribution in [0.15, 0.2) is 41.3 Å². The number of para-hydroxylation sites is 1. The Balaban J connectivity index is 1.63. The lowest BCUT2D eigenvalue weighted by molar-refractivity contribution is -0.121. The van der Waals surface area contributed by atoms with Crippen molar-refractivity contribution in [3.8, 4) is 0 Å². The lowest BCUT2D eigenvalue weighted by atomic mass is 9.89. The van der Waals surface area contributed by atoms with Crippen molar-refractivity contribution in [3.05, 3.63) is 58.0 Å². The zero-order chi connectivity index (χ0) is 18.0. The number of rotatable bonds is 4. The molecule has 0 saturated heterocycles. The second-order valence-electron chi connectivity index (χ2n) is 6.42. The molecule has 25 heavy (non-hydrogen) atoms. The van der Waals surface area contributed by atoms with Crippen LogP contribution in [-0.2, 0) is 23.1 Å². The van der Waals surface area contributed by atoms with Crippen molar-refractivity contribution in [2.45, 2.75) is 26.2 Å². The van der Waals surface area contributed by atoms with Crippen LogP contribution in [0.25, 0.3) is 0 Å². The number of hydrogen-bond acceptors (Lipinski definition) is 3. The summed E-state index contributed by atoms with van der Waals surface area (Å²) in [6, 6.07) is 9.47. The van der Waals surface area contributed by atoms with Gasteiger partial charge in [0.1, 0.15) is 5.69 Å². The number of fused-ring (bicyclic) bond motifs is 1. The minimum absolute atomic E-state index is 0.0571. The minimum Gasteiger partial charge on any atom is -0.326 e. The zero-order valence-electron chi connectivity index (χ0n) is 14.3. The van der Waals surface area contributed by atoms with Gasteiger partial charge in [0.25, 0.3) is 5.56 Å². The Morgan fingerprint density at radius 1 is 1.28 bits per heavy atom. The molecule has 0 radical (unpaired) electrons. The standard InChI is InChI=1S/C19H21N3O3/c1-12-9-10-22(2)19(25)17(12)21-16(23)8-7-14-11-13-5-3-4-6-15(13)20-18(14)24/h3-6,9-10,14H,7-8,11H2,1-2H3,(H,20,24)(H,21,23)/t14-/m0/s1. The molecule has 1 atom stereocenters. The Bertz CT molecular complexity index is 886. The number of amides is 2. The first-order chi connectivity index (χ1) is 12.0. The van der Waals surface area contributed by atoms with Crippen molar-refractivity contribution < 1.29 is 9.59 Å². The molecule has 0 fully saturated rings. The van der Waals surface area contributed by atoms with Crippen LogP contribution in [0.1, 0.15) is 24.0 Å². The molecular weight excluding hydrogens is 318 g/mol. The summed E-state index contributed by atoms with van der Waals surface area (Å²) < 4.78 is 1.42. The highest BCUT2D eigenvalue weighted by atomic mass is 16.2. The summed E-state index contributed by atoms with van der Waals surface area (Å²) in [4.78, 5) is 36.5. The molecule has 6 nitrogen and oxygen atoms in total. The summed E-state index contributed by atoms with van der Waals surface area (Å²) in [5.74, 6) is -0.545. The molecule has 1 aliphatic heterocycles. The fourth-order valence-electron chi connectivity index (χ4n) is 3.03. The van der Waals surface area contributed by atoms with E-state index in [1.807, 2.05) is 24.3 Å². The zero-order valence-corrected chi connectivity index (χ0v) is 14.3. The van der Waals surface area contributed by atoms with Crippen LogP contribution in [0.2, 0.25) is 0 Å². The fourth-order valence-corrected chi connectivity index (χ4v) is 3.03. The van der Waals surface area contributed by atoms with E-state index < -0.39 is 0 Å². The Hall–Kier alpha value is -2.89. The molecular formula is C19H21N3O3. The van der Waals surface area contributed by atoms with Crippen LogP contribution in [0.5, 0.6) is 0 Å². The van der Waals surface area contributed by atoms with E-state index in [4.69, 9.17) is 0 Å². The third kappa shape index (κ3) is 3.63. The summed E-state index contributed by atoms with van der Waals surface area (Å²) in [5, 5.41) is 5.57. The van der Waals surface area contributed by atoms with Crippen molar-refractivity contribution in [2.75, 3.05) is 10.6 Å². The van der Waals surface area contributed by atoms with Crippen LogP contribution in [0, 0.1) is 12.8 Å². The van der Waals surface area contributed by atoms with Crippen LogP contribution >= 0.6 is 0 Å². The fraction of sp³-hybridized carbons (Fsp3) is 0.316. The number of aromatic nitrogens is 1. The largest absolute Gasteiger partial charge is 0.326 e. The monoisotopic (exact) mass is 339 g/mol. The van der Waals surface area contributed by atoms with Gasteiger partial charge in [-0.3, -0.25) is 14.4 Å². The average Bonchev–Trinajstić information content (AvgIpc) is 2.60. The first-order valence-corrected chi connectivity index (χ1v) is 8.30. The molecule has 1 aromatic carbocycles. The molecule has 2 amide bonds. The van der Waals surface area contributed by atoms with Crippen LogP contribution in [0.3, 0.4) is 0 Å². The highest BCUT2D eigenvalue weighted by molar-refractivity contribution is 5.96. The van der Waals surface area contributed by atoms with Crippen molar-refractivity contribution in [1.82, 2.24) is 4.57 Å². The smallest absolute Gasteiger partial charge is 0.274 e. The van der Waals surface area contributed by atoms with Gasteiger partial charge in [-0.2, -0.15) is 0 Å². The Morgan fingerprint density at radius 2 is 2.04 bits per heavy atom. The van der Waals surface area contributed by atoms with Crippen LogP contribution < -0.4 is 16.2 Å². The quantitative estimate of drug-likeness (QED) is 0.896. The molecule has 1 aromatic heterocycles. The predicted octanol–water partition coefficient (Wildman–Crippen LogP) is 2.22. The number of carbonyl (C=O) groups excluding carboxylic acids is 2. The lowest BCUT2D eigenvalue weighted by Crippen LogP contribution is -2.31. The molecule has 0 aliphatic carbocycles. The van der Waals surface area contributed by atoms with Gasteiger partial charge in [0, 0.05) is 31.3 Å². The summed E-state index contributed by atoms with van der Waals surface area (Å²) in [7, 11) is 1.64. The van der Waals surface area contributed by atoms with Crippen LogP contribution in [0.4, 0.5) is 11.4 Å². The number of nitrogens with one attached hydrogen (secondary N) is 2. The van der Waals surface area contributed by atoms with E-state index in [1.165, 1.54) is 4.57 Å². The van der Waals surface area contributed by atoms with E-state index in [0.717, 1.165) is 16.8 Å². The maximum Gasteiger partial charge on any atom is 0.274 e. The summed E-state index contributed by atoms with van der Waals surface area (Å²) in [6.07, 6.45) is 2.93. The summed E-state index contributed by atoms with van der Waals surface area (Å²) in [5.41, 5.74) is 2.71. The second-order valence-corrected chi connectivity index (χ2v) is 6.42. The topological polar surface area (TPSA) is 80.2 Å². The van der Waals surface area contributed by atoms with Gasteiger partial charge in [-0.05, 0) is 43.0 Å². The van der Waals surface area contributed by atoms with E-state index in [-0.39, 0.29) is 29.7 Å². The van der Waals surface area contributed by atoms with E-state index in [9.17, 15) is 14.4 Å². The molecule has 130 valence electrons. The maximum atomic E-state index is 12.2. The Labute approximate surface area is 145 Å². The van der Waals surface area contributed by atoms with Gasteiger partial charge in [0.05, 0.1) is 0 Å². The molecule has 0 bridgehead atoms. The molecule has 0 spiro atoms. The highest BCUT2D eigenvalue weighted by Gasteiger charge is 2.26. The minimum atomic E-state index is -0.252. The van der Waals surface area contributed by atoms with Gasteiger partial charge in [-0.15, -0.1) is 0 Å². The number of hydrogen-bond donors (Lipinski definition) is 2. The Kier molecular flexibility index (Phi) is 4.70. The first kappa shape index (κ1) is 17.0. The Morgan fingerprint density at radius 3 is 2.84 bits per heavy atom.